The highest BCUT2D eigenvalue weighted by Gasteiger charge is 2.39. The minimum absolute atomic E-state index is 0.196. The molecule has 1 aromatic rings. The molecule has 1 unspecified atom stereocenters. The Bertz CT molecular complexity index is 388. The second-order valence-corrected chi connectivity index (χ2v) is 6.30. The number of rotatable bonds is 3. The van der Waals surface area contributed by atoms with Crippen molar-refractivity contribution in [2.45, 2.75) is 51.7 Å². The summed E-state index contributed by atoms with van der Waals surface area (Å²) in [5.41, 5.74) is 1.79. The monoisotopic (exact) mass is 247 g/mol. The molecule has 1 fully saturated rings. The lowest BCUT2D eigenvalue weighted by Crippen LogP contribution is -2.66. The van der Waals surface area contributed by atoms with Gasteiger partial charge in [0.15, 0.2) is 0 Å². The fourth-order valence-electron chi connectivity index (χ4n) is 2.57. The third-order valence-electron chi connectivity index (χ3n) is 4.18. The summed E-state index contributed by atoms with van der Waals surface area (Å²) in [5, 5.41) is 3.66. The van der Waals surface area contributed by atoms with Crippen molar-refractivity contribution in [3.63, 3.8) is 0 Å². The van der Waals surface area contributed by atoms with E-state index in [-0.39, 0.29) is 11.1 Å². The lowest BCUT2D eigenvalue weighted by molar-refractivity contribution is 0.0175. The molecule has 0 spiro atoms. The molecule has 1 aromatic heterocycles. The fourth-order valence-corrected chi connectivity index (χ4v) is 2.57. The Morgan fingerprint density at radius 2 is 1.94 bits per heavy atom. The Labute approximate surface area is 111 Å². The van der Waals surface area contributed by atoms with E-state index in [1.54, 1.807) is 0 Å². The Morgan fingerprint density at radius 3 is 2.56 bits per heavy atom. The number of hydrogen-bond acceptors (Lipinski definition) is 3. The van der Waals surface area contributed by atoms with Crippen molar-refractivity contribution in [3.8, 4) is 0 Å². The maximum Gasteiger partial charge on any atom is 0.0307 e. The first-order valence-electron chi connectivity index (χ1n) is 6.84. The van der Waals surface area contributed by atoms with E-state index in [9.17, 15) is 0 Å². The van der Waals surface area contributed by atoms with E-state index in [2.05, 4.69) is 55.0 Å². The number of hydrogen-bond donors (Lipinski definition) is 1. The van der Waals surface area contributed by atoms with E-state index in [4.69, 9.17) is 0 Å². The van der Waals surface area contributed by atoms with Crippen molar-refractivity contribution in [2.24, 2.45) is 0 Å². The van der Waals surface area contributed by atoms with Crippen LogP contribution in [0.15, 0.2) is 24.5 Å². The largest absolute Gasteiger partial charge is 0.309 e. The predicted molar refractivity (Wildman–Crippen MR) is 75.4 cm³/mol. The minimum atomic E-state index is 0.196. The topological polar surface area (TPSA) is 28.2 Å². The van der Waals surface area contributed by atoms with Gasteiger partial charge >= 0.3 is 0 Å². The minimum Gasteiger partial charge on any atom is -0.309 e. The Hall–Kier alpha value is -0.930. The van der Waals surface area contributed by atoms with Crippen LogP contribution in [-0.4, -0.2) is 34.1 Å². The highest BCUT2D eigenvalue weighted by Crippen LogP contribution is 2.28. The highest BCUT2D eigenvalue weighted by molar-refractivity contribution is 5.11. The quantitative estimate of drug-likeness (QED) is 0.889. The Morgan fingerprint density at radius 1 is 1.28 bits per heavy atom. The summed E-state index contributed by atoms with van der Waals surface area (Å²) in [6, 6.07) is 4.23. The molecule has 2 heterocycles. The summed E-state index contributed by atoms with van der Waals surface area (Å²) in [7, 11) is 0. The Balaban J connectivity index is 2.16. The number of aromatic nitrogens is 1. The second kappa shape index (κ2) is 4.98. The second-order valence-electron chi connectivity index (χ2n) is 6.30. The van der Waals surface area contributed by atoms with Gasteiger partial charge in [0.05, 0.1) is 0 Å². The van der Waals surface area contributed by atoms with Crippen LogP contribution in [-0.2, 0) is 6.54 Å². The van der Waals surface area contributed by atoms with Gasteiger partial charge in [0.2, 0.25) is 0 Å². The van der Waals surface area contributed by atoms with E-state index < -0.39 is 0 Å². The zero-order valence-corrected chi connectivity index (χ0v) is 12.0. The SMILES string of the molecule is CCC1(C)CNC(C)(C)CN1Cc1ccncc1. The molecule has 3 nitrogen and oxygen atoms in total. The smallest absolute Gasteiger partial charge is 0.0307 e. The molecule has 1 aliphatic rings. The van der Waals surface area contributed by atoms with E-state index in [1.165, 1.54) is 12.0 Å². The molecule has 18 heavy (non-hydrogen) atoms. The summed E-state index contributed by atoms with van der Waals surface area (Å²) >= 11 is 0. The van der Waals surface area contributed by atoms with Crippen LogP contribution in [0, 0.1) is 0 Å². The highest BCUT2D eigenvalue weighted by atomic mass is 15.3. The molecule has 100 valence electrons. The third kappa shape index (κ3) is 2.90. The van der Waals surface area contributed by atoms with Crippen LogP contribution in [0.25, 0.3) is 0 Å². The van der Waals surface area contributed by atoms with Crippen LogP contribution in [0.1, 0.15) is 39.7 Å². The molecular formula is C15H25N3. The van der Waals surface area contributed by atoms with Gasteiger partial charge in [-0.05, 0) is 44.9 Å². The first-order chi connectivity index (χ1) is 8.45. The Kier molecular flexibility index (Phi) is 3.74. The number of nitrogens with one attached hydrogen (secondary N) is 1. The first kappa shape index (κ1) is 13.5. The lowest BCUT2D eigenvalue weighted by atomic mass is 9.87. The van der Waals surface area contributed by atoms with E-state index in [0.717, 1.165) is 19.6 Å². The van der Waals surface area contributed by atoms with Gasteiger partial charge in [-0.25, -0.2) is 0 Å². The van der Waals surface area contributed by atoms with Crippen LogP contribution in [0.4, 0.5) is 0 Å². The van der Waals surface area contributed by atoms with Gasteiger partial charge in [-0.15, -0.1) is 0 Å². The number of pyridine rings is 1. The van der Waals surface area contributed by atoms with E-state index >= 15 is 0 Å². The maximum absolute atomic E-state index is 4.09. The van der Waals surface area contributed by atoms with Crippen LogP contribution < -0.4 is 5.32 Å². The van der Waals surface area contributed by atoms with Gasteiger partial charge < -0.3 is 5.32 Å². The average molecular weight is 247 g/mol. The standard InChI is InChI=1S/C15H25N3/c1-5-15(4)11-17-14(2,3)12-18(15)10-13-6-8-16-9-7-13/h6-9,17H,5,10-12H2,1-4H3. The normalized spacial score (nSPS) is 28.2. The molecule has 1 atom stereocenters. The third-order valence-corrected chi connectivity index (χ3v) is 4.18. The summed E-state index contributed by atoms with van der Waals surface area (Å²) in [6.45, 7) is 12.3. The molecule has 0 amide bonds. The molecule has 0 saturated carbocycles. The van der Waals surface area contributed by atoms with Crippen molar-refractivity contribution in [2.75, 3.05) is 13.1 Å². The average Bonchev–Trinajstić information content (AvgIpc) is 2.35. The van der Waals surface area contributed by atoms with E-state index in [1.807, 2.05) is 12.4 Å². The molecule has 0 aliphatic carbocycles. The summed E-state index contributed by atoms with van der Waals surface area (Å²) in [6.07, 6.45) is 4.93. The van der Waals surface area contributed by atoms with Crippen molar-refractivity contribution in [3.05, 3.63) is 30.1 Å². The lowest BCUT2D eigenvalue weighted by Gasteiger charge is -2.51. The molecule has 1 saturated heterocycles. The molecule has 0 aromatic carbocycles. The molecule has 0 radical (unpaired) electrons. The van der Waals surface area contributed by atoms with Gasteiger partial charge in [0.1, 0.15) is 0 Å². The molecule has 2 rings (SSSR count). The molecule has 1 aliphatic heterocycles. The maximum atomic E-state index is 4.09. The van der Waals surface area contributed by atoms with Gasteiger partial charge in [0, 0.05) is 43.1 Å². The molecular weight excluding hydrogens is 222 g/mol. The van der Waals surface area contributed by atoms with Crippen molar-refractivity contribution in [1.29, 1.82) is 0 Å². The van der Waals surface area contributed by atoms with Crippen LogP contribution in [0.5, 0.6) is 0 Å². The summed E-state index contributed by atoms with van der Waals surface area (Å²) < 4.78 is 0. The van der Waals surface area contributed by atoms with Crippen LogP contribution >= 0.6 is 0 Å². The predicted octanol–water partition coefficient (Wildman–Crippen LogP) is 2.43. The summed E-state index contributed by atoms with van der Waals surface area (Å²) in [5.74, 6) is 0. The number of piperazine rings is 1. The molecule has 0 bridgehead atoms. The first-order valence-corrected chi connectivity index (χ1v) is 6.84. The van der Waals surface area contributed by atoms with Crippen LogP contribution in [0.3, 0.4) is 0 Å². The van der Waals surface area contributed by atoms with Gasteiger partial charge in [-0.2, -0.15) is 0 Å². The van der Waals surface area contributed by atoms with E-state index in [0.29, 0.717) is 0 Å². The van der Waals surface area contributed by atoms with Crippen molar-refractivity contribution in [1.82, 2.24) is 15.2 Å². The van der Waals surface area contributed by atoms with Crippen molar-refractivity contribution >= 4 is 0 Å². The van der Waals surface area contributed by atoms with Gasteiger partial charge in [-0.1, -0.05) is 6.92 Å². The van der Waals surface area contributed by atoms with Crippen LogP contribution in [0.2, 0.25) is 0 Å². The molecule has 3 heteroatoms. The van der Waals surface area contributed by atoms with Crippen molar-refractivity contribution < 1.29 is 0 Å². The summed E-state index contributed by atoms with van der Waals surface area (Å²) in [4.78, 5) is 6.70. The number of nitrogens with zero attached hydrogens (tertiary/aromatic N) is 2. The van der Waals surface area contributed by atoms with Gasteiger partial charge in [-0.3, -0.25) is 9.88 Å². The zero-order valence-electron chi connectivity index (χ0n) is 12.0. The van der Waals surface area contributed by atoms with Gasteiger partial charge in [0.25, 0.3) is 0 Å². The molecule has 1 N–H and O–H groups in total. The zero-order chi connectivity index (χ0) is 13.2. The fraction of sp³-hybridized carbons (Fsp3) is 0.667.